The van der Waals surface area contributed by atoms with Crippen LogP contribution in [0, 0.1) is 0 Å². The third-order valence-corrected chi connectivity index (χ3v) is 4.48. The van der Waals surface area contributed by atoms with Crippen molar-refractivity contribution in [1.29, 1.82) is 0 Å². The number of nitrogens with zero attached hydrogens (tertiary/aromatic N) is 2. The molecule has 0 bridgehead atoms. The van der Waals surface area contributed by atoms with Crippen molar-refractivity contribution in [3.63, 3.8) is 0 Å². The fourth-order valence-electron chi connectivity index (χ4n) is 2.13. The number of hydrogen-bond acceptors (Lipinski definition) is 3. The van der Waals surface area contributed by atoms with Gasteiger partial charge in [-0.3, -0.25) is 4.68 Å². The molecule has 0 saturated heterocycles. The number of nitrogens with one attached hydrogen (secondary N) is 1. The van der Waals surface area contributed by atoms with Gasteiger partial charge in [0.1, 0.15) is 0 Å². The second kappa shape index (κ2) is 4.18. The lowest BCUT2D eigenvalue weighted by Crippen LogP contribution is -2.32. The third-order valence-electron chi connectivity index (χ3n) is 3.08. The largest absolute Gasteiger partial charge is 0.272 e. The van der Waals surface area contributed by atoms with Crippen molar-refractivity contribution < 1.29 is 8.42 Å². The van der Waals surface area contributed by atoms with Crippen LogP contribution in [0.25, 0.3) is 0 Å². The lowest BCUT2D eigenvalue weighted by Gasteiger charge is -2.23. The molecule has 1 N–H and O–H groups in total. The fraction of sp³-hybridized carbons (Fsp3) is 0.700. The summed E-state index contributed by atoms with van der Waals surface area (Å²) in [5.74, 6) is 0.124. The molecule has 5 nitrogen and oxygen atoms in total. The Bertz CT molecular complexity index is 478. The topological polar surface area (TPSA) is 64.0 Å². The van der Waals surface area contributed by atoms with Gasteiger partial charge in [0.2, 0.25) is 10.0 Å². The Labute approximate surface area is 95.9 Å². The highest BCUT2D eigenvalue weighted by Crippen LogP contribution is 2.29. The molecule has 90 valence electrons. The summed E-state index contributed by atoms with van der Waals surface area (Å²) in [6, 6.07) is -0.0950. The Hall–Kier alpha value is -0.880. The van der Waals surface area contributed by atoms with Gasteiger partial charge in [-0.1, -0.05) is 0 Å². The zero-order chi connectivity index (χ0) is 11.8. The van der Waals surface area contributed by atoms with Crippen LogP contribution in [0.5, 0.6) is 0 Å². The molecule has 1 aromatic heterocycles. The molecule has 16 heavy (non-hydrogen) atoms. The van der Waals surface area contributed by atoms with Crippen molar-refractivity contribution >= 4 is 10.0 Å². The Kier molecular flexibility index (Phi) is 3.03. The molecule has 0 fully saturated rings. The van der Waals surface area contributed by atoms with Gasteiger partial charge >= 0.3 is 0 Å². The van der Waals surface area contributed by atoms with Gasteiger partial charge < -0.3 is 0 Å². The number of hydrogen-bond donors (Lipinski definition) is 1. The van der Waals surface area contributed by atoms with Gasteiger partial charge in [0.15, 0.2) is 0 Å². The first-order valence-corrected chi connectivity index (χ1v) is 7.19. The molecule has 1 aromatic rings. The van der Waals surface area contributed by atoms with Crippen molar-refractivity contribution in [2.24, 2.45) is 7.05 Å². The van der Waals surface area contributed by atoms with Crippen LogP contribution in [0.15, 0.2) is 6.20 Å². The molecule has 1 aliphatic rings. The second-order valence-electron chi connectivity index (χ2n) is 4.14. The Morgan fingerprint density at radius 1 is 1.62 bits per heavy atom. The van der Waals surface area contributed by atoms with Crippen LogP contribution < -0.4 is 4.72 Å². The summed E-state index contributed by atoms with van der Waals surface area (Å²) in [4.78, 5) is 0. The SMILES string of the molecule is CCS(=O)(=O)NC1CCCc2c1cnn2C. The van der Waals surface area contributed by atoms with Gasteiger partial charge in [-0.25, -0.2) is 13.1 Å². The molecular weight excluding hydrogens is 226 g/mol. The summed E-state index contributed by atoms with van der Waals surface area (Å²) < 4.78 is 27.7. The molecule has 1 atom stereocenters. The highest BCUT2D eigenvalue weighted by Gasteiger charge is 2.26. The van der Waals surface area contributed by atoms with Crippen LogP contribution in [0.4, 0.5) is 0 Å². The summed E-state index contributed by atoms with van der Waals surface area (Å²) in [7, 11) is -1.24. The first kappa shape index (κ1) is 11.6. The average Bonchev–Trinajstić information content (AvgIpc) is 2.62. The maximum Gasteiger partial charge on any atom is 0.211 e. The van der Waals surface area contributed by atoms with Crippen LogP contribution in [-0.4, -0.2) is 24.0 Å². The monoisotopic (exact) mass is 243 g/mol. The van der Waals surface area contributed by atoms with Crippen LogP contribution in [0.1, 0.15) is 37.1 Å². The molecule has 0 spiro atoms. The first-order valence-electron chi connectivity index (χ1n) is 5.54. The van der Waals surface area contributed by atoms with E-state index in [9.17, 15) is 8.42 Å². The second-order valence-corrected chi connectivity index (χ2v) is 6.18. The van der Waals surface area contributed by atoms with E-state index in [1.54, 1.807) is 13.1 Å². The Morgan fingerprint density at radius 3 is 3.06 bits per heavy atom. The smallest absolute Gasteiger partial charge is 0.211 e. The lowest BCUT2D eigenvalue weighted by molar-refractivity contribution is 0.498. The molecule has 0 radical (unpaired) electrons. The maximum atomic E-state index is 11.5. The zero-order valence-corrected chi connectivity index (χ0v) is 10.4. The molecule has 0 saturated carbocycles. The van der Waals surface area contributed by atoms with E-state index < -0.39 is 10.0 Å². The van der Waals surface area contributed by atoms with Crippen molar-refractivity contribution in [3.05, 3.63) is 17.5 Å². The zero-order valence-electron chi connectivity index (χ0n) is 9.60. The summed E-state index contributed by atoms with van der Waals surface area (Å²) in [5.41, 5.74) is 2.18. The van der Waals surface area contributed by atoms with E-state index in [4.69, 9.17) is 0 Å². The minimum Gasteiger partial charge on any atom is -0.272 e. The van der Waals surface area contributed by atoms with E-state index in [0.29, 0.717) is 0 Å². The van der Waals surface area contributed by atoms with Gasteiger partial charge in [-0.05, 0) is 26.2 Å². The average molecular weight is 243 g/mol. The minimum absolute atomic E-state index is 0.0950. The van der Waals surface area contributed by atoms with E-state index in [2.05, 4.69) is 9.82 Å². The van der Waals surface area contributed by atoms with E-state index in [-0.39, 0.29) is 11.8 Å². The summed E-state index contributed by atoms with van der Waals surface area (Å²) in [6.45, 7) is 1.65. The van der Waals surface area contributed by atoms with E-state index in [1.807, 2.05) is 11.7 Å². The number of aromatic nitrogens is 2. The van der Waals surface area contributed by atoms with Crippen LogP contribution in [0.3, 0.4) is 0 Å². The fourth-order valence-corrected chi connectivity index (χ4v) is 2.97. The Morgan fingerprint density at radius 2 is 2.38 bits per heavy atom. The molecule has 6 heteroatoms. The highest BCUT2D eigenvalue weighted by atomic mass is 32.2. The molecule has 0 aliphatic heterocycles. The van der Waals surface area contributed by atoms with E-state index >= 15 is 0 Å². The number of rotatable bonds is 3. The molecular formula is C10H17N3O2S. The molecule has 0 aromatic carbocycles. The van der Waals surface area contributed by atoms with Crippen molar-refractivity contribution in [2.75, 3.05) is 5.75 Å². The molecule has 1 unspecified atom stereocenters. The molecule has 0 amide bonds. The Balaban J connectivity index is 2.26. The number of aryl methyl sites for hydroxylation is 1. The number of sulfonamides is 1. The van der Waals surface area contributed by atoms with E-state index in [0.717, 1.165) is 30.5 Å². The predicted octanol–water partition coefficient (Wildman–Crippen LogP) is 0.737. The van der Waals surface area contributed by atoms with Gasteiger partial charge in [0, 0.05) is 18.3 Å². The summed E-state index contributed by atoms with van der Waals surface area (Å²) in [6.07, 6.45) is 4.62. The van der Waals surface area contributed by atoms with E-state index in [1.165, 1.54) is 0 Å². The standard InChI is InChI=1S/C10H17N3O2S/c1-3-16(14,15)12-9-5-4-6-10-8(9)7-11-13(10)2/h7,9,12H,3-6H2,1-2H3. The highest BCUT2D eigenvalue weighted by molar-refractivity contribution is 7.89. The predicted molar refractivity (Wildman–Crippen MR) is 61.5 cm³/mol. The normalized spacial score (nSPS) is 20.8. The van der Waals surface area contributed by atoms with Crippen molar-refractivity contribution in [3.8, 4) is 0 Å². The van der Waals surface area contributed by atoms with Gasteiger partial charge in [-0.2, -0.15) is 5.10 Å². The summed E-state index contributed by atoms with van der Waals surface area (Å²) in [5, 5.41) is 4.19. The van der Waals surface area contributed by atoms with Crippen LogP contribution in [-0.2, 0) is 23.5 Å². The summed E-state index contributed by atoms with van der Waals surface area (Å²) >= 11 is 0. The lowest BCUT2D eigenvalue weighted by atomic mass is 9.94. The molecule has 1 aliphatic carbocycles. The molecule has 1 heterocycles. The van der Waals surface area contributed by atoms with Gasteiger partial charge in [-0.15, -0.1) is 0 Å². The molecule has 2 rings (SSSR count). The van der Waals surface area contributed by atoms with Crippen molar-refractivity contribution in [2.45, 2.75) is 32.2 Å². The first-order chi connectivity index (χ1) is 7.53. The quantitative estimate of drug-likeness (QED) is 0.851. The van der Waals surface area contributed by atoms with Crippen molar-refractivity contribution in [1.82, 2.24) is 14.5 Å². The van der Waals surface area contributed by atoms with Crippen LogP contribution >= 0.6 is 0 Å². The third kappa shape index (κ3) is 2.12. The minimum atomic E-state index is -3.14. The maximum absolute atomic E-state index is 11.5. The van der Waals surface area contributed by atoms with Gasteiger partial charge in [0.25, 0.3) is 0 Å². The number of fused-ring (bicyclic) bond motifs is 1. The van der Waals surface area contributed by atoms with Crippen LogP contribution in [0.2, 0.25) is 0 Å². The van der Waals surface area contributed by atoms with Gasteiger partial charge in [0.05, 0.1) is 18.0 Å².